The van der Waals surface area contributed by atoms with Gasteiger partial charge in [-0.25, -0.2) is 0 Å². The summed E-state index contributed by atoms with van der Waals surface area (Å²) in [6.07, 6.45) is 3.84. The number of pyridine rings is 1. The zero-order chi connectivity index (χ0) is 13.9. The summed E-state index contributed by atoms with van der Waals surface area (Å²) >= 11 is 5.79. The molecule has 1 fully saturated rings. The zero-order valence-corrected chi connectivity index (χ0v) is 11.5. The molecule has 1 atom stereocenters. The molecule has 0 saturated carbocycles. The fraction of sp³-hybridized carbons (Fsp3) is 0.385. The third-order valence-electron chi connectivity index (χ3n) is 3.23. The molecule has 1 unspecified atom stereocenters. The molecule has 20 heavy (non-hydrogen) atoms. The van der Waals surface area contributed by atoms with Crippen LogP contribution in [0.5, 0.6) is 0 Å². The molecule has 0 radical (unpaired) electrons. The maximum atomic E-state index is 11.8. The van der Waals surface area contributed by atoms with Crippen LogP contribution in [0.1, 0.15) is 12.3 Å². The van der Waals surface area contributed by atoms with Crippen molar-refractivity contribution < 1.29 is 9.32 Å². The number of amides is 1. The summed E-state index contributed by atoms with van der Waals surface area (Å²) in [7, 11) is 0. The zero-order valence-electron chi connectivity index (χ0n) is 10.7. The van der Waals surface area contributed by atoms with Crippen molar-refractivity contribution in [2.24, 2.45) is 5.92 Å². The van der Waals surface area contributed by atoms with E-state index in [0.717, 1.165) is 5.56 Å². The first-order valence-electron chi connectivity index (χ1n) is 6.33. The maximum absolute atomic E-state index is 11.8. The lowest BCUT2D eigenvalue weighted by atomic mass is 10.2. The van der Waals surface area contributed by atoms with E-state index in [9.17, 15) is 4.79 Å². The molecule has 0 aliphatic carbocycles. The number of halogens is 1. The van der Waals surface area contributed by atoms with Crippen molar-refractivity contribution in [2.45, 2.75) is 13.0 Å². The highest BCUT2D eigenvalue weighted by Crippen LogP contribution is 2.21. The van der Waals surface area contributed by atoms with Gasteiger partial charge in [-0.2, -0.15) is 4.98 Å². The Morgan fingerprint density at radius 2 is 2.40 bits per heavy atom. The molecule has 3 rings (SSSR count). The molecule has 0 bridgehead atoms. The van der Waals surface area contributed by atoms with Crippen LogP contribution in [0.15, 0.2) is 29.0 Å². The second-order valence-corrected chi connectivity index (χ2v) is 5.06. The highest BCUT2D eigenvalue weighted by atomic mass is 35.5. The fourth-order valence-electron chi connectivity index (χ4n) is 2.20. The van der Waals surface area contributed by atoms with Gasteiger partial charge in [-0.1, -0.05) is 5.16 Å². The van der Waals surface area contributed by atoms with Crippen molar-refractivity contribution in [1.29, 1.82) is 0 Å². The van der Waals surface area contributed by atoms with Gasteiger partial charge in [-0.05, 0) is 18.1 Å². The molecule has 6 nitrogen and oxygen atoms in total. The molecule has 3 heterocycles. The van der Waals surface area contributed by atoms with E-state index in [-0.39, 0.29) is 11.8 Å². The molecular weight excluding hydrogens is 280 g/mol. The highest BCUT2D eigenvalue weighted by molar-refractivity contribution is 6.18. The maximum Gasteiger partial charge on any atom is 0.246 e. The van der Waals surface area contributed by atoms with Crippen LogP contribution < -0.4 is 0 Å². The Labute approximate surface area is 120 Å². The van der Waals surface area contributed by atoms with E-state index in [2.05, 4.69) is 15.1 Å². The van der Waals surface area contributed by atoms with Crippen molar-refractivity contribution >= 4 is 17.5 Å². The average Bonchev–Trinajstić information content (AvgIpc) is 3.08. The van der Waals surface area contributed by atoms with Crippen LogP contribution in [0.4, 0.5) is 0 Å². The summed E-state index contributed by atoms with van der Waals surface area (Å²) < 4.78 is 5.18. The van der Waals surface area contributed by atoms with Crippen LogP contribution in [-0.2, 0) is 11.3 Å². The number of carbonyl (C=O) groups is 1. The Hall–Kier alpha value is -1.95. The Balaban J connectivity index is 1.71. The average molecular weight is 293 g/mol. The smallest absolute Gasteiger partial charge is 0.246 e. The van der Waals surface area contributed by atoms with Crippen molar-refractivity contribution in [3.63, 3.8) is 0 Å². The Bertz CT molecular complexity index is 601. The minimum Gasteiger partial charge on any atom is -0.337 e. The molecule has 104 valence electrons. The van der Waals surface area contributed by atoms with Crippen LogP contribution in [0.2, 0.25) is 0 Å². The first-order valence-corrected chi connectivity index (χ1v) is 6.86. The minimum absolute atomic E-state index is 0.0803. The summed E-state index contributed by atoms with van der Waals surface area (Å²) in [6.45, 7) is 0.979. The lowest BCUT2D eigenvalue weighted by Crippen LogP contribution is -2.24. The molecule has 1 aliphatic heterocycles. The number of carbonyl (C=O) groups excluding carboxylic acids is 1. The highest BCUT2D eigenvalue weighted by Gasteiger charge is 2.30. The lowest BCUT2D eigenvalue weighted by molar-refractivity contribution is -0.128. The molecule has 1 aliphatic rings. The van der Waals surface area contributed by atoms with E-state index in [4.69, 9.17) is 16.1 Å². The molecule has 7 heteroatoms. The van der Waals surface area contributed by atoms with Gasteiger partial charge >= 0.3 is 0 Å². The quantitative estimate of drug-likeness (QED) is 0.802. The Morgan fingerprint density at radius 3 is 3.10 bits per heavy atom. The summed E-state index contributed by atoms with van der Waals surface area (Å²) in [5.74, 6) is 1.69. The third kappa shape index (κ3) is 2.65. The van der Waals surface area contributed by atoms with Gasteiger partial charge in [0.05, 0.1) is 6.54 Å². The van der Waals surface area contributed by atoms with Gasteiger partial charge in [-0.3, -0.25) is 9.78 Å². The number of hydrogen-bond donors (Lipinski definition) is 0. The van der Waals surface area contributed by atoms with E-state index >= 15 is 0 Å². The van der Waals surface area contributed by atoms with Gasteiger partial charge < -0.3 is 9.42 Å². The van der Waals surface area contributed by atoms with E-state index in [1.165, 1.54) is 0 Å². The first kappa shape index (κ1) is 13.1. The van der Waals surface area contributed by atoms with Crippen molar-refractivity contribution in [3.05, 3.63) is 30.4 Å². The summed E-state index contributed by atoms with van der Waals surface area (Å²) in [5.41, 5.74) is 0.786. The molecule has 0 N–H and O–H groups in total. The molecule has 1 saturated heterocycles. The largest absolute Gasteiger partial charge is 0.337 e. The summed E-state index contributed by atoms with van der Waals surface area (Å²) in [6, 6.07) is 3.66. The molecule has 2 aromatic heterocycles. The van der Waals surface area contributed by atoms with Crippen molar-refractivity contribution in [3.8, 4) is 11.4 Å². The number of likely N-dealkylation sites (tertiary alicyclic amines) is 1. The summed E-state index contributed by atoms with van der Waals surface area (Å²) in [5, 5.41) is 3.90. The molecular formula is C13H13ClN4O2. The normalized spacial score (nSPS) is 18.8. The second kappa shape index (κ2) is 5.58. The number of nitrogens with zero attached hydrogens (tertiary/aromatic N) is 4. The second-order valence-electron chi connectivity index (χ2n) is 4.75. The van der Waals surface area contributed by atoms with Gasteiger partial charge in [0.25, 0.3) is 0 Å². The monoisotopic (exact) mass is 292 g/mol. The number of alkyl halides is 1. The predicted octanol–water partition coefficient (Wildman–Crippen LogP) is 1.72. The van der Waals surface area contributed by atoms with E-state index in [1.54, 1.807) is 23.4 Å². The number of hydrogen-bond acceptors (Lipinski definition) is 5. The first-order chi connectivity index (χ1) is 9.76. The molecule has 0 spiro atoms. The van der Waals surface area contributed by atoms with Crippen LogP contribution in [0.25, 0.3) is 11.4 Å². The van der Waals surface area contributed by atoms with E-state index < -0.39 is 0 Å². The van der Waals surface area contributed by atoms with Gasteiger partial charge in [0.1, 0.15) is 0 Å². The fourth-order valence-corrected chi connectivity index (χ4v) is 2.41. The Kier molecular flexibility index (Phi) is 3.64. The molecule has 2 aromatic rings. The van der Waals surface area contributed by atoms with Gasteiger partial charge in [0.15, 0.2) is 0 Å². The van der Waals surface area contributed by atoms with E-state index in [1.807, 2.05) is 6.07 Å². The molecule has 0 aromatic carbocycles. The lowest BCUT2D eigenvalue weighted by Gasteiger charge is -2.12. The van der Waals surface area contributed by atoms with Gasteiger partial charge in [0.2, 0.25) is 17.6 Å². The van der Waals surface area contributed by atoms with E-state index in [0.29, 0.717) is 37.1 Å². The number of aromatic nitrogens is 3. The minimum atomic E-state index is 0.0803. The van der Waals surface area contributed by atoms with Crippen LogP contribution in [0.3, 0.4) is 0 Å². The van der Waals surface area contributed by atoms with Gasteiger partial charge in [0, 0.05) is 36.8 Å². The Morgan fingerprint density at radius 1 is 1.50 bits per heavy atom. The number of rotatable bonds is 4. The third-order valence-corrected chi connectivity index (χ3v) is 3.66. The predicted molar refractivity (Wildman–Crippen MR) is 71.8 cm³/mol. The van der Waals surface area contributed by atoms with Crippen LogP contribution in [-0.4, -0.2) is 38.4 Å². The standard InChI is InChI=1S/C13H13ClN4O2/c14-5-9-4-12(19)18(7-9)8-11-16-13(17-20-11)10-2-1-3-15-6-10/h1-3,6,9H,4-5,7-8H2. The van der Waals surface area contributed by atoms with Gasteiger partial charge in [-0.15, -0.1) is 11.6 Å². The summed E-state index contributed by atoms with van der Waals surface area (Å²) in [4.78, 5) is 21.8. The molecule has 1 amide bonds. The van der Waals surface area contributed by atoms with Crippen LogP contribution in [0, 0.1) is 5.92 Å². The van der Waals surface area contributed by atoms with Crippen LogP contribution >= 0.6 is 11.6 Å². The van der Waals surface area contributed by atoms with Crippen molar-refractivity contribution in [2.75, 3.05) is 12.4 Å². The topological polar surface area (TPSA) is 72.1 Å². The SMILES string of the molecule is O=C1CC(CCl)CN1Cc1nc(-c2cccnc2)no1. The van der Waals surface area contributed by atoms with Crippen molar-refractivity contribution in [1.82, 2.24) is 20.0 Å².